The monoisotopic (exact) mass is 438 g/mol. The third-order valence-electron chi connectivity index (χ3n) is 4.80. The number of fused-ring (bicyclic) bond motifs is 1. The molecular formula is C22H22N4O2S2. The van der Waals surface area contributed by atoms with Gasteiger partial charge in [-0.1, -0.05) is 41.3 Å². The summed E-state index contributed by atoms with van der Waals surface area (Å²) in [6.07, 6.45) is 0. The van der Waals surface area contributed by atoms with E-state index < -0.39 is 0 Å². The third-order valence-corrected chi connectivity index (χ3v) is 6.80. The van der Waals surface area contributed by atoms with Crippen LogP contribution in [0.4, 0.5) is 11.4 Å². The van der Waals surface area contributed by atoms with Gasteiger partial charge in [0, 0.05) is 49.2 Å². The molecule has 0 saturated heterocycles. The Kier molecular flexibility index (Phi) is 5.78. The fourth-order valence-electron chi connectivity index (χ4n) is 3.13. The second kappa shape index (κ2) is 8.49. The fraction of sp³-hybridized carbons (Fsp3) is 0.227. The molecule has 0 unspecified atom stereocenters. The molecule has 4 rings (SSSR count). The summed E-state index contributed by atoms with van der Waals surface area (Å²) >= 11 is 3.11. The van der Waals surface area contributed by atoms with Crippen LogP contribution in [0.2, 0.25) is 0 Å². The van der Waals surface area contributed by atoms with Crippen LogP contribution in [0.15, 0.2) is 57.3 Å². The molecule has 0 atom stereocenters. The maximum atomic E-state index is 13.4. The number of furan rings is 1. The van der Waals surface area contributed by atoms with Crippen molar-refractivity contribution >= 4 is 51.3 Å². The van der Waals surface area contributed by atoms with Crippen LogP contribution in [0.25, 0.3) is 11.0 Å². The quantitative estimate of drug-likeness (QED) is 0.384. The summed E-state index contributed by atoms with van der Waals surface area (Å²) in [6, 6.07) is 15.6. The number of benzene rings is 2. The first-order valence-corrected chi connectivity index (χ1v) is 11.2. The zero-order valence-electron chi connectivity index (χ0n) is 17.2. The smallest absolute Gasteiger partial charge is 0.294 e. The Balaban J connectivity index is 1.65. The van der Waals surface area contributed by atoms with Crippen LogP contribution in [-0.4, -0.2) is 37.2 Å². The maximum Gasteiger partial charge on any atom is 0.294 e. The minimum absolute atomic E-state index is 0.173. The summed E-state index contributed by atoms with van der Waals surface area (Å²) in [7, 11) is 5.74. The van der Waals surface area contributed by atoms with Gasteiger partial charge in [0.2, 0.25) is 0 Å². The molecule has 0 fully saturated rings. The lowest BCUT2D eigenvalue weighted by Crippen LogP contribution is -2.26. The minimum Gasteiger partial charge on any atom is -0.451 e. The van der Waals surface area contributed by atoms with E-state index in [9.17, 15) is 4.79 Å². The van der Waals surface area contributed by atoms with E-state index in [4.69, 9.17) is 4.42 Å². The largest absolute Gasteiger partial charge is 0.451 e. The van der Waals surface area contributed by atoms with Crippen molar-refractivity contribution in [2.45, 2.75) is 17.0 Å². The van der Waals surface area contributed by atoms with E-state index in [1.807, 2.05) is 74.4 Å². The molecule has 2 aromatic heterocycles. The number of anilines is 2. The molecule has 6 nitrogen and oxygen atoms in total. The van der Waals surface area contributed by atoms with Gasteiger partial charge in [-0.3, -0.25) is 4.79 Å². The lowest BCUT2D eigenvalue weighted by Gasteiger charge is -2.19. The van der Waals surface area contributed by atoms with Crippen LogP contribution in [0.5, 0.6) is 0 Å². The van der Waals surface area contributed by atoms with Gasteiger partial charge in [0.1, 0.15) is 10.6 Å². The number of amides is 1. The molecule has 0 saturated carbocycles. The number of hydrogen-bond acceptors (Lipinski definition) is 7. The first-order chi connectivity index (χ1) is 14.4. The van der Waals surface area contributed by atoms with Crippen molar-refractivity contribution in [3.8, 4) is 0 Å². The molecule has 2 aromatic carbocycles. The van der Waals surface area contributed by atoms with Gasteiger partial charge in [-0.25, -0.2) is 0 Å². The molecule has 4 aromatic rings. The summed E-state index contributed by atoms with van der Waals surface area (Å²) in [5, 5.41) is 10.1. The maximum absolute atomic E-state index is 13.4. The van der Waals surface area contributed by atoms with Gasteiger partial charge in [-0.05, 0) is 37.3 Å². The number of para-hydroxylation sites is 1. The van der Waals surface area contributed by atoms with Crippen LogP contribution in [0, 0.1) is 6.92 Å². The molecule has 2 heterocycles. The molecule has 1 amide bonds. The fourth-order valence-corrected chi connectivity index (χ4v) is 4.97. The number of carbonyl (C=O) groups is 1. The van der Waals surface area contributed by atoms with Crippen LogP contribution in [0.1, 0.15) is 21.1 Å². The van der Waals surface area contributed by atoms with Gasteiger partial charge in [-0.2, -0.15) is 0 Å². The van der Waals surface area contributed by atoms with Gasteiger partial charge < -0.3 is 14.2 Å². The van der Waals surface area contributed by atoms with E-state index in [1.165, 1.54) is 0 Å². The molecule has 0 bridgehead atoms. The molecule has 154 valence electrons. The summed E-state index contributed by atoms with van der Waals surface area (Å²) in [4.78, 5) is 17.0. The van der Waals surface area contributed by atoms with Crippen molar-refractivity contribution in [2.24, 2.45) is 0 Å². The van der Waals surface area contributed by atoms with Gasteiger partial charge >= 0.3 is 0 Å². The van der Waals surface area contributed by atoms with E-state index >= 15 is 0 Å². The van der Waals surface area contributed by atoms with Gasteiger partial charge in [0.05, 0.1) is 0 Å². The zero-order valence-corrected chi connectivity index (χ0v) is 18.9. The predicted molar refractivity (Wildman–Crippen MR) is 124 cm³/mol. The van der Waals surface area contributed by atoms with E-state index in [-0.39, 0.29) is 5.91 Å². The Labute approximate surface area is 183 Å². The Morgan fingerprint density at radius 2 is 1.73 bits per heavy atom. The van der Waals surface area contributed by atoms with Crippen molar-refractivity contribution in [2.75, 3.05) is 30.9 Å². The first-order valence-electron chi connectivity index (χ1n) is 9.43. The van der Waals surface area contributed by atoms with Crippen molar-refractivity contribution in [1.82, 2.24) is 10.2 Å². The van der Waals surface area contributed by atoms with E-state index in [0.29, 0.717) is 17.1 Å². The molecule has 8 heteroatoms. The summed E-state index contributed by atoms with van der Waals surface area (Å²) in [5.41, 5.74) is 3.48. The standard InChI is InChI=1S/C22H22N4O2S2/c1-14-23-24-22(30-14)29-13-18-17-7-5-6-8-19(17)28-20(18)21(27)26(4)16-11-9-15(10-12-16)25(2)3/h5-12H,13H2,1-4H3. The van der Waals surface area contributed by atoms with Gasteiger partial charge in [0.15, 0.2) is 10.1 Å². The Morgan fingerprint density at radius 3 is 2.40 bits per heavy atom. The number of thioether (sulfide) groups is 1. The number of aromatic nitrogens is 2. The second-order valence-electron chi connectivity index (χ2n) is 7.06. The number of nitrogens with zero attached hydrogens (tertiary/aromatic N) is 4. The highest BCUT2D eigenvalue weighted by Crippen LogP contribution is 2.34. The molecule has 30 heavy (non-hydrogen) atoms. The van der Waals surface area contributed by atoms with E-state index in [1.54, 1.807) is 35.0 Å². The van der Waals surface area contributed by atoms with Crippen molar-refractivity contribution in [3.63, 3.8) is 0 Å². The van der Waals surface area contributed by atoms with Gasteiger partial charge in [-0.15, -0.1) is 10.2 Å². The van der Waals surface area contributed by atoms with Crippen molar-refractivity contribution in [3.05, 3.63) is 64.9 Å². The van der Waals surface area contributed by atoms with E-state index in [2.05, 4.69) is 10.2 Å². The van der Waals surface area contributed by atoms with Crippen molar-refractivity contribution < 1.29 is 9.21 Å². The van der Waals surface area contributed by atoms with Crippen molar-refractivity contribution in [1.29, 1.82) is 0 Å². The van der Waals surface area contributed by atoms with Crippen LogP contribution < -0.4 is 9.80 Å². The molecular weight excluding hydrogens is 416 g/mol. The SMILES string of the molecule is Cc1nnc(SCc2c(C(=O)N(C)c3ccc(N(C)C)cc3)oc3ccccc23)s1. The van der Waals surface area contributed by atoms with E-state index in [0.717, 1.165) is 31.7 Å². The minimum atomic E-state index is -0.173. The highest BCUT2D eigenvalue weighted by atomic mass is 32.2. The molecule has 0 radical (unpaired) electrons. The molecule has 0 aliphatic rings. The van der Waals surface area contributed by atoms with Crippen LogP contribution in [-0.2, 0) is 5.75 Å². The molecule has 0 N–H and O–H groups in total. The molecule has 0 spiro atoms. The number of carbonyl (C=O) groups excluding carboxylic acids is 1. The molecule has 0 aliphatic carbocycles. The second-order valence-corrected chi connectivity index (χ2v) is 9.46. The number of rotatable bonds is 6. The summed E-state index contributed by atoms with van der Waals surface area (Å²) in [5.74, 6) is 0.775. The van der Waals surface area contributed by atoms with Crippen LogP contribution in [0.3, 0.4) is 0 Å². The first kappa shape index (κ1) is 20.4. The zero-order chi connectivity index (χ0) is 21.3. The third kappa shape index (κ3) is 4.06. The number of hydrogen-bond donors (Lipinski definition) is 0. The number of aryl methyl sites for hydroxylation is 1. The normalized spacial score (nSPS) is 11.1. The van der Waals surface area contributed by atoms with Crippen LogP contribution >= 0.6 is 23.1 Å². The average Bonchev–Trinajstić information content (AvgIpc) is 3.34. The topological polar surface area (TPSA) is 62.5 Å². The lowest BCUT2D eigenvalue weighted by atomic mass is 10.1. The Bertz CT molecular complexity index is 1180. The predicted octanol–water partition coefficient (Wildman–Crippen LogP) is 5.23. The highest BCUT2D eigenvalue weighted by molar-refractivity contribution is 8.00. The summed E-state index contributed by atoms with van der Waals surface area (Å²) in [6.45, 7) is 1.93. The molecule has 0 aliphatic heterocycles. The Hall–Kier alpha value is -2.84. The average molecular weight is 439 g/mol. The highest BCUT2D eigenvalue weighted by Gasteiger charge is 2.24. The lowest BCUT2D eigenvalue weighted by molar-refractivity contribution is 0.0967. The Morgan fingerprint density at radius 1 is 1.03 bits per heavy atom. The summed E-state index contributed by atoms with van der Waals surface area (Å²) < 4.78 is 6.89. The van der Waals surface area contributed by atoms with Gasteiger partial charge in [0.25, 0.3) is 5.91 Å².